The van der Waals surface area contributed by atoms with Crippen LogP contribution in [0.25, 0.3) is 0 Å². The zero-order valence-corrected chi connectivity index (χ0v) is 8.22. The molecule has 3 nitrogen and oxygen atoms in total. The fourth-order valence-electron chi connectivity index (χ4n) is 3.15. The van der Waals surface area contributed by atoms with Gasteiger partial charge in [-0.25, -0.2) is 0 Å². The first kappa shape index (κ1) is 8.73. The molecule has 2 saturated carbocycles. The van der Waals surface area contributed by atoms with Crippen molar-refractivity contribution in [2.75, 3.05) is 7.11 Å². The van der Waals surface area contributed by atoms with E-state index in [1.165, 1.54) is 7.11 Å². The Bertz CT molecular complexity index is 293. The van der Waals surface area contributed by atoms with Gasteiger partial charge in [0.1, 0.15) is 5.41 Å². The summed E-state index contributed by atoms with van der Waals surface area (Å²) < 4.78 is 4.73. The highest BCUT2D eigenvalue weighted by Crippen LogP contribution is 2.75. The van der Waals surface area contributed by atoms with Gasteiger partial charge in [0.2, 0.25) is 0 Å². The maximum atomic E-state index is 11.7. The molecule has 0 spiro atoms. The molecular weight excluding hydrogens is 168 g/mol. The molecule has 3 heteroatoms. The summed E-state index contributed by atoms with van der Waals surface area (Å²) in [5, 5.41) is 0. The van der Waals surface area contributed by atoms with E-state index in [9.17, 15) is 9.59 Å². The maximum absolute atomic E-state index is 11.7. The van der Waals surface area contributed by atoms with E-state index in [1.807, 2.05) is 13.8 Å². The maximum Gasteiger partial charge on any atom is 0.320 e. The van der Waals surface area contributed by atoms with Crippen molar-refractivity contribution in [3.05, 3.63) is 0 Å². The molecule has 2 rings (SSSR count). The van der Waals surface area contributed by atoms with E-state index in [-0.39, 0.29) is 23.1 Å². The number of methoxy groups -OCH3 is 1. The van der Waals surface area contributed by atoms with Crippen LogP contribution in [-0.2, 0) is 14.3 Å². The Morgan fingerprint density at radius 2 is 2.15 bits per heavy atom. The van der Waals surface area contributed by atoms with Crippen molar-refractivity contribution in [2.24, 2.45) is 16.7 Å². The van der Waals surface area contributed by atoms with Crippen LogP contribution >= 0.6 is 0 Å². The van der Waals surface area contributed by atoms with Crippen LogP contribution < -0.4 is 0 Å². The van der Waals surface area contributed by atoms with Gasteiger partial charge < -0.3 is 4.74 Å². The van der Waals surface area contributed by atoms with Crippen molar-refractivity contribution >= 4 is 11.8 Å². The van der Waals surface area contributed by atoms with Crippen molar-refractivity contribution in [3.8, 4) is 0 Å². The normalized spacial score (nSPS) is 39.9. The molecule has 0 aromatic rings. The van der Waals surface area contributed by atoms with E-state index in [0.29, 0.717) is 6.42 Å². The largest absolute Gasteiger partial charge is 0.468 e. The first-order valence-corrected chi connectivity index (χ1v) is 4.61. The lowest BCUT2D eigenvalue weighted by Crippen LogP contribution is -2.30. The summed E-state index contributed by atoms with van der Waals surface area (Å²) in [5.74, 6) is -0.0284. The lowest BCUT2D eigenvalue weighted by molar-refractivity contribution is -0.152. The van der Waals surface area contributed by atoms with Crippen LogP contribution in [0.5, 0.6) is 0 Å². The molecular formula is C10H14O3. The van der Waals surface area contributed by atoms with E-state index in [0.717, 1.165) is 6.42 Å². The van der Waals surface area contributed by atoms with E-state index in [2.05, 4.69) is 0 Å². The SMILES string of the molecule is COC(=O)[C@@]12C(=O)CC[C@@H]1C2(C)C. The monoisotopic (exact) mass is 182 g/mol. The first-order valence-electron chi connectivity index (χ1n) is 4.61. The summed E-state index contributed by atoms with van der Waals surface area (Å²) >= 11 is 0. The number of rotatable bonds is 1. The minimum atomic E-state index is -0.776. The Morgan fingerprint density at radius 1 is 1.54 bits per heavy atom. The van der Waals surface area contributed by atoms with Crippen LogP contribution in [-0.4, -0.2) is 18.9 Å². The van der Waals surface area contributed by atoms with Crippen molar-refractivity contribution in [2.45, 2.75) is 26.7 Å². The number of ketones is 1. The topological polar surface area (TPSA) is 43.4 Å². The summed E-state index contributed by atoms with van der Waals surface area (Å²) in [7, 11) is 1.36. The van der Waals surface area contributed by atoms with Gasteiger partial charge in [-0.2, -0.15) is 0 Å². The average molecular weight is 182 g/mol. The Labute approximate surface area is 77.4 Å². The molecule has 0 aromatic carbocycles. The average Bonchev–Trinajstić information content (AvgIpc) is 2.41. The molecule has 0 aliphatic heterocycles. The number of esters is 1. The van der Waals surface area contributed by atoms with Gasteiger partial charge in [0.15, 0.2) is 5.78 Å². The Balaban J connectivity index is 2.40. The molecule has 2 aliphatic carbocycles. The lowest BCUT2D eigenvalue weighted by atomic mass is 9.90. The second-order valence-electron chi connectivity index (χ2n) is 4.54. The third-order valence-electron chi connectivity index (χ3n) is 3.93. The molecule has 2 fully saturated rings. The highest BCUT2D eigenvalue weighted by Gasteiger charge is 2.82. The lowest BCUT2D eigenvalue weighted by Gasteiger charge is -2.14. The third kappa shape index (κ3) is 0.675. The molecule has 2 atom stereocenters. The number of hydrogen-bond donors (Lipinski definition) is 0. The van der Waals surface area contributed by atoms with Crippen LogP contribution in [0.4, 0.5) is 0 Å². The van der Waals surface area contributed by atoms with E-state index in [1.54, 1.807) is 0 Å². The van der Waals surface area contributed by atoms with E-state index < -0.39 is 5.41 Å². The Morgan fingerprint density at radius 3 is 2.54 bits per heavy atom. The second kappa shape index (κ2) is 2.14. The number of carbonyl (C=O) groups is 2. The summed E-state index contributed by atoms with van der Waals surface area (Å²) in [5.41, 5.74) is -0.947. The molecule has 0 radical (unpaired) electrons. The molecule has 0 bridgehead atoms. The van der Waals surface area contributed by atoms with Gasteiger partial charge in [0.05, 0.1) is 7.11 Å². The highest BCUT2D eigenvalue weighted by molar-refractivity contribution is 6.10. The van der Waals surface area contributed by atoms with E-state index in [4.69, 9.17) is 4.74 Å². The summed E-state index contributed by atoms with van der Waals surface area (Å²) in [6.45, 7) is 3.96. The Hall–Kier alpha value is -0.860. The van der Waals surface area contributed by atoms with Crippen LogP contribution in [0.1, 0.15) is 26.7 Å². The number of hydrogen-bond acceptors (Lipinski definition) is 3. The summed E-state index contributed by atoms with van der Waals surface area (Å²) in [6, 6.07) is 0. The zero-order chi connectivity index (χ0) is 9.85. The van der Waals surface area contributed by atoms with Crippen LogP contribution in [0.15, 0.2) is 0 Å². The van der Waals surface area contributed by atoms with Gasteiger partial charge in [-0.15, -0.1) is 0 Å². The minimum Gasteiger partial charge on any atom is -0.468 e. The quantitative estimate of drug-likeness (QED) is 0.451. The van der Waals surface area contributed by atoms with Gasteiger partial charge in [0, 0.05) is 6.42 Å². The molecule has 0 N–H and O–H groups in total. The fraction of sp³-hybridized carbons (Fsp3) is 0.800. The first-order chi connectivity index (χ1) is 5.99. The molecule has 72 valence electrons. The highest BCUT2D eigenvalue weighted by atomic mass is 16.5. The smallest absolute Gasteiger partial charge is 0.320 e. The van der Waals surface area contributed by atoms with Gasteiger partial charge in [0.25, 0.3) is 0 Å². The summed E-state index contributed by atoms with van der Waals surface area (Å²) in [4.78, 5) is 23.2. The van der Waals surface area contributed by atoms with Crippen LogP contribution in [0.2, 0.25) is 0 Å². The molecule has 13 heavy (non-hydrogen) atoms. The number of carbonyl (C=O) groups excluding carboxylic acids is 2. The van der Waals surface area contributed by atoms with Gasteiger partial charge in [-0.3, -0.25) is 9.59 Å². The van der Waals surface area contributed by atoms with Crippen LogP contribution in [0, 0.1) is 16.7 Å². The zero-order valence-electron chi connectivity index (χ0n) is 8.22. The number of ether oxygens (including phenoxy) is 1. The molecule has 0 unspecified atom stereocenters. The predicted molar refractivity (Wildman–Crippen MR) is 46.0 cm³/mol. The van der Waals surface area contributed by atoms with Gasteiger partial charge in [-0.05, 0) is 17.8 Å². The molecule has 0 heterocycles. The van der Waals surface area contributed by atoms with Gasteiger partial charge >= 0.3 is 5.97 Å². The Kier molecular flexibility index (Phi) is 1.44. The second-order valence-corrected chi connectivity index (χ2v) is 4.54. The van der Waals surface area contributed by atoms with Crippen molar-refractivity contribution in [1.29, 1.82) is 0 Å². The molecule has 0 aromatic heterocycles. The molecule has 0 amide bonds. The minimum absolute atomic E-state index is 0.0781. The third-order valence-corrected chi connectivity index (χ3v) is 3.93. The molecule has 0 saturated heterocycles. The summed E-state index contributed by atoms with van der Waals surface area (Å²) in [6.07, 6.45) is 1.39. The van der Waals surface area contributed by atoms with Crippen LogP contribution in [0.3, 0.4) is 0 Å². The van der Waals surface area contributed by atoms with Crippen molar-refractivity contribution in [3.63, 3.8) is 0 Å². The standard InChI is InChI=1S/C10H14O3/c1-9(2)6-4-5-7(11)10(6,9)8(12)13-3/h6H,4-5H2,1-3H3/t6-,10+/m1/s1. The van der Waals surface area contributed by atoms with E-state index >= 15 is 0 Å². The number of fused-ring (bicyclic) bond motifs is 1. The number of Topliss-reactive ketones (excluding diaryl/α,β-unsaturated/α-hetero) is 1. The molecule has 2 aliphatic rings. The van der Waals surface area contributed by atoms with Crippen molar-refractivity contribution < 1.29 is 14.3 Å². The van der Waals surface area contributed by atoms with Gasteiger partial charge in [-0.1, -0.05) is 13.8 Å². The van der Waals surface area contributed by atoms with Crippen molar-refractivity contribution in [1.82, 2.24) is 0 Å². The predicted octanol–water partition coefficient (Wildman–Crippen LogP) is 1.16. The fourth-order valence-corrected chi connectivity index (χ4v) is 3.15.